The summed E-state index contributed by atoms with van der Waals surface area (Å²) in [6.45, 7) is 0. The molecule has 2 heterocycles. The minimum Gasteiger partial charge on any atom is -0.508 e. The van der Waals surface area contributed by atoms with E-state index in [1.165, 1.54) is 6.33 Å². The summed E-state index contributed by atoms with van der Waals surface area (Å²) in [6, 6.07) is 6.14. The predicted molar refractivity (Wildman–Crippen MR) is 86.3 cm³/mol. The van der Waals surface area contributed by atoms with Gasteiger partial charge >= 0.3 is 6.18 Å². The summed E-state index contributed by atoms with van der Waals surface area (Å²) in [5, 5.41) is 13.2. The third kappa shape index (κ3) is 2.88. The van der Waals surface area contributed by atoms with E-state index in [0.717, 1.165) is 36.5 Å². The van der Waals surface area contributed by atoms with E-state index >= 15 is 0 Å². The zero-order valence-corrected chi connectivity index (χ0v) is 13.1. The number of aromatic nitrogens is 3. The van der Waals surface area contributed by atoms with Gasteiger partial charge in [0.25, 0.3) is 0 Å². The van der Waals surface area contributed by atoms with Crippen LogP contribution in [0.3, 0.4) is 0 Å². The molecule has 3 aromatic rings. The van der Waals surface area contributed by atoms with Crippen LogP contribution in [0.5, 0.6) is 5.75 Å². The molecule has 25 heavy (non-hydrogen) atoms. The van der Waals surface area contributed by atoms with Crippen LogP contribution in [0.15, 0.2) is 30.6 Å². The molecule has 0 saturated carbocycles. The van der Waals surface area contributed by atoms with Gasteiger partial charge in [0, 0.05) is 0 Å². The Morgan fingerprint density at radius 2 is 2.04 bits per heavy atom. The number of halogens is 3. The number of rotatable bonds is 2. The van der Waals surface area contributed by atoms with Crippen molar-refractivity contribution in [3.8, 4) is 5.75 Å². The van der Waals surface area contributed by atoms with Gasteiger partial charge in [-0.2, -0.15) is 13.2 Å². The van der Waals surface area contributed by atoms with Crippen LogP contribution in [-0.4, -0.2) is 20.1 Å². The Labute approximate surface area is 140 Å². The highest BCUT2D eigenvalue weighted by Crippen LogP contribution is 2.36. The van der Waals surface area contributed by atoms with Crippen LogP contribution in [-0.2, 0) is 12.6 Å². The van der Waals surface area contributed by atoms with E-state index in [9.17, 15) is 18.3 Å². The molecule has 8 heteroatoms. The smallest absolute Gasteiger partial charge is 0.431 e. The van der Waals surface area contributed by atoms with Crippen LogP contribution in [0.1, 0.15) is 35.7 Å². The number of phenolic OH excluding ortho intramolecular Hbond substituents is 1. The third-order valence-corrected chi connectivity index (χ3v) is 4.48. The molecule has 0 unspecified atom stereocenters. The molecule has 0 radical (unpaired) electrons. The molecular weight excluding hydrogens is 333 g/mol. The molecular formula is C17H15F3N4O. The van der Waals surface area contributed by atoms with Crippen molar-refractivity contribution in [2.45, 2.75) is 31.5 Å². The normalized spacial score (nSPS) is 17.5. The maximum Gasteiger partial charge on any atom is 0.431 e. The maximum absolute atomic E-state index is 12.9. The minimum absolute atomic E-state index is 0.0771. The van der Waals surface area contributed by atoms with Crippen LogP contribution in [0.2, 0.25) is 0 Å². The number of nitrogens with zero attached hydrogens (tertiary/aromatic N) is 2. The maximum atomic E-state index is 12.9. The van der Waals surface area contributed by atoms with E-state index in [4.69, 9.17) is 0 Å². The van der Waals surface area contributed by atoms with Crippen molar-refractivity contribution >= 4 is 16.9 Å². The molecule has 1 aliphatic rings. The molecule has 0 saturated heterocycles. The summed E-state index contributed by atoms with van der Waals surface area (Å²) in [5.41, 5.74) is 1.37. The number of aryl methyl sites for hydroxylation is 1. The summed E-state index contributed by atoms with van der Waals surface area (Å²) in [6.07, 6.45) is -0.610. The van der Waals surface area contributed by atoms with Gasteiger partial charge < -0.3 is 15.4 Å². The molecule has 0 bridgehead atoms. The van der Waals surface area contributed by atoms with E-state index in [1.807, 2.05) is 6.07 Å². The lowest BCUT2D eigenvalue weighted by Gasteiger charge is -2.27. The highest BCUT2D eigenvalue weighted by molar-refractivity contribution is 5.88. The van der Waals surface area contributed by atoms with E-state index < -0.39 is 11.9 Å². The van der Waals surface area contributed by atoms with Gasteiger partial charge in [-0.25, -0.2) is 9.97 Å². The number of anilines is 1. The Morgan fingerprint density at radius 3 is 2.84 bits per heavy atom. The van der Waals surface area contributed by atoms with E-state index in [0.29, 0.717) is 11.2 Å². The number of alkyl halides is 3. The first kappa shape index (κ1) is 15.7. The fraction of sp³-hybridized carbons (Fsp3) is 0.294. The van der Waals surface area contributed by atoms with Gasteiger partial charge in [-0.1, -0.05) is 6.07 Å². The summed E-state index contributed by atoms with van der Waals surface area (Å²) < 4.78 is 38.8. The second kappa shape index (κ2) is 5.65. The van der Waals surface area contributed by atoms with Crippen molar-refractivity contribution in [1.29, 1.82) is 0 Å². The largest absolute Gasteiger partial charge is 0.508 e. The van der Waals surface area contributed by atoms with Gasteiger partial charge in [-0.05, 0) is 48.6 Å². The van der Waals surface area contributed by atoms with Gasteiger partial charge in [0.1, 0.15) is 29.2 Å². The van der Waals surface area contributed by atoms with E-state index in [1.54, 1.807) is 12.1 Å². The SMILES string of the molecule is Oc1ccc2c(c1)CCC[C@H]2Nc1ncnc2[nH]c(C(F)(F)F)cc12. The molecule has 0 aliphatic heterocycles. The monoisotopic (exact) mass is 348 g/mol. The first-order chi connectivity index (χ1) is 11.9. The number of hydrogen-bond donors (Lipinski definition) is 3. The summed E-state index contributed by atoms with van der Waals surface area (Å²) in [4.78, 5) is 10.3. The summed E-state index contributed by atoms with van der Waals surface area (Å²) in [7, 11) is 0. The Morgan fingerprint density at radius 1 is 1.20 bits per heavy atom. The molecule has 2 aromatic heterocycles. The zero-order chi connectivity index (χ0) is 17.6. The van der Waals surface area contributed by atoms with Crippen molar-refractivity contribution in [3.05, 3.63) is 47.4 Å². The molecule has 130 valence electrons. The highest BCUT2D eigenvalue weighted by Gasteiger charge is 2.33. The second-order valence-corrected chi connectivity index (χ2v) is 6.14. The Kier molecular flexibility index (Phi) is 3.55. The topological polar surface area (TPSA) is 73.8 Å². The van der Waals surface area contributed by atoms with Crippen molar-refractivity contribution < 1.29 is 18.3 Å². The number of fused-ring (bicyclic) bond motifs is 2. The Balaban J connectivity index is 1.71. The number of H-pyrrole nitrogens is 1. The van der Waals surface area contributed by atoms with Crippen LogP contribution in [0.4, 0.5) is 19.0 Å². The minimum atomic E-state index is -4.47. The number of nitrogens with one attached hydrogen (secondary N) is 2. The first-order valence-corrected chi connectivity index (χ1v) is 7.91. The standard InChI is InChI=1S/C17H15F3N4O/c18-17(19,20)14-7-12-15(21-8-22-16(12)24-14)23-13-3-1-2-9-6-10(25)4-5-11(9)13/h4-8,13,25H,1-3H2,(H2,21,22,23,24)/t13-/m1/s1. The van der Waals surface area contributed by atoms with Gasteiger partial charge in [-0.3, -0.25) is 0 Å². The second-order valence-electron chi connectivity index (χ2n) is 6.14. The first-order valence-electron chi connectivity index (χ1n) is 7.91. The fourth-order valence-electron chi connectivity index (χ4n) is 3.32. The quantitative estimate of drug-likeness (QED) is 0.650. The van der Waals surface area contributed by atoms with Gasteiger partial charge in [-0.15, -0.1) is 0 Å². The lowest BCUT2D eigenvalue weighted by Crippen LogP contribution is -2.18. The number of benzene rings is 1. The average Bonchev–Trinajstić information content (AvgIpc) is 3.00. The number of phenols is 1. The van der Waals surface area contributed by atoms with Crippen LogP contribution >= 0.6 is 0 Å². The molecule has 3 N–H and O–H groups in total. The van der Waals surface area contributed by atoms with Gasteiger partial charge in [0.2, 0.25) is 0 Å². The Hall–Kier alpha value is -2.77. The van der Waals surface area contributed by atoms with Crippen molar-refractivity contribution in [2.75, 3.05) is 5.32 Å². The van der Waals surface area contributed by atoms with Gasteiger partial charge in [0.05, 0.1) is 11.4 Å². The molecule has 1 aromatic carbocycles. The van der Waals surface area contributed by atoms with Crippen LogP contribution < -0.4 is 5.32 Å². The summed E-state index contributed by atoms with van der Waals surface area (Å²) in [5.74, 6) is 0.576. The number of aromatic hydroxyl groups is 1. The molecule has 5 nitrogen and oxygen atoms in total. The van der Waals surface area contributed by atoms with Gasteiger partial charge in [0.15, 0.2) is 0 Å². The van der Waals surface area contributed by atoms with Crippen LogP contribution in [0, 0.1) is 0 Å². The molecule has 1 aliphatic carbocycles. The molecule has 1 atom stereocenters. The zero-order valence-electron chi connectivity index (χ0n) is 13.1. The lowest BCUT2D eigenvalue weighted by atomic mass is 9.87. The predicted octanol–water partition coefficient (Wildman–Crippen LogP) is 4.17. The van der Waals surface area contributed by atoms with Crippen LogP contribution in [0.25, 0.3) is 11.0 Å². The molecule has 0 spiro atoms. The number of hydrogen-bond acceptors (Lipinski definition) is 4. The van der Waals surface area contributed by atoms with Crippen molar-refractivity contribution in [3.63, 3.8) is 0 Å². The average molecular weight is 348 g/mol. The molecule has 0 amide bonds. The fourth-order valence-corrected chi connectivity index (χ4v) is 3.32. The molecule has 4 rings (SSSR count). The van der Waals surface area contributed by atoms with Crippen molar-refractivity contribution in [2.24, 2.45) is 0 Å². The lowest BCUT2D eigenvalue weighted by molar-refractivity contribution is -0.140. The number of aromatic amines is 1. The summed E-state index contributed by atoms with van der Waals surface area (Å²) >= 11 is 0. The third-order valence-electron chi connectivity index (χ3n) is 4.48. The Bertz CT molecular complexity index is 935. The van der Waals surface area contributed by atoms with Crippen molar-refractivity contribution in [1.82, 2.24) is 15.0 Å². The molecule has 0 fully saturated rings. The van der Waals surface area contributed by atoms with E-state index in [-0.39, 0.29) is 17.4 Å². The van der Waals surface area contributed by atoms with E-state index in [2.05, 4.69) is 20.3 Å². The highest BCUT2D eigenvalue weighted by atomic mass is 19.4.